The molecule has 0 bridgehead atoms. The Bertz CT molecular complexity index is 1610. The van der Waals surface area contributed by atoms with E-state index in [0.717, 1.165) is 18.2 Å². The number of Topliss-reactive ketones (excluding diaryl/α,β-unsaturated/α-hetero) is 1. The summed E-state index contributed by atoms with van der Waals surface area (Å²) in [7, 11) is -1.91. The molecule has 1 aliphatic carbocycles. The van der Waals surface area contributed by atoms with Gasteiger partial charge in [0.05, 0.1) is 39.1 Å². The number of carbonyl (C=O) groups is 1. The molecule has 0 amide bonds. The lowest BCUT2D eigenvalue weighted by Crippen LogP contribution is -2.13. The SMILES string of the molecule is Cc1cn(C)nc1-c1ccc(Nc2cc(CC(=O)C3CC3(C)C)nc3c2N=C(C(F)F)C3)c(S(C)(=O)=O)c1. The van der Waals surface area contributed by atoms with Gasteiger partial charge in [0.15, 0.2) is 9.84 Å². The Balaban J connectivity index is 1.56. The predicted molar refractivity (Wildman–Crippen MR) is 141 cm³/mol. The molecule has 11 heteroatoms. The molecular weight excluding hydrogens is 512 g/mol. The van der Waals surface area contributed by atoms with Crippen molar-refractivity contribution in [3.8, 4) is 11.3 Å². The van der Waals surface area contributed by atoms with Crippen LogP contribution >= 0.6 is 0 Å². The summed E-state index contributed by atoms with van der Waals surface area (Å²) in [6.07, 6.45) is 0.939. The van der Waals surface area contributed by atoms with Crippen LogP contribution in [0.1, 0.15) is 37.2 Å². The summed E-state index contributed by atoms with van der Waals surface area (Å²) >= 11 is 0. The van der Waals surface area contributed by atoms with Crippen molar-refractivity contribution in [3.63, 3.8) is 0 Å². The zero-order valence-electron chi connectivity index (χ0n) is 21.8. The standard InChI is InChI=1S/C27H29F2N5O3S/c1-14-13-34(4)33-24(14)15-6-7-18(23(8-15)38(5,36)37)31-19-9-16(10-22(35)17-12-27(17,2)3)30-20-11-21(26(28)29)32-25(19)20/h6-9,13,17,26H,10-12H2,1-5H3,(H,30,31). The molecule has 5 rings (SSSR count). The zero-order chi connectivity index (χ0) is 27.6. The highest BCUT2D eigenvalue weighted by molar-refractivity contribution is 7.90. The Morgan fingerprint density at radius 1 is 1.24 bits per heavy atom. The molecule has 3 heterocycles. The normalized spacial score (nSPS) is 17.9. The Morgan fingerprint density at radius 3 is 2.53 bits per heavy atom. The van der Waals surface area contributed by atoms with Crippen molar-refractivity contribution < 1.29 is 22.0 Å². The molecule has 1 fully saturated rings. The Kier molecular flexibility index (Phi) is 6.24. The van der Waals surface area contributed by atoms with Crippen molar-refractivity contribution in [3.05, 3.63) is 47.4 Å². The number of aliphatic imine (C=N–C) groups is 1. The number of aromatic nitrogens is 3. The van der Waals surface area contributed by atoms with Gasteiger partial charge in [0.25, 0.3) is 6.43 Å². The van der Waals surface area contributed by atoms with Crippen LogP contribution in [-0.4, -0.2) is 47.4 Å². The number of hydrogen-bond donors (Lipinski definition) is 1. The molecule has 1 saturated carbocycles. The monoisotopic (exact) mass is 541 g/mol. The molecule has 1 N–H and O–H groups in total. The quantitative estimate of drug-likeness (QED) is 0.431. The molecule has 0 saturated heterocycles. The summed E-state index contributed by atoms with van der Waals surface area (Å²) in [6.45, 7) is 5.95. The lowest BCUT2D eigenvalue weighted by molar-refractivity contribution is -0.120. The van der Waals surface area contributed by atoms with Gasteiger partial charge in [-0.15, -0.1) is 0 Å². The number of pyridine rings is 1. The molecular formula is C27H29F2N5O3S. The van der Waals surface area contributed by atoms with Gasteiger partial charge in [-0.05, 0) is 42.5 Å². The number of nitrogens with one attached hydrogen (secondary N) is 1. The highest BCUT2D eigenvalue weighted by atomic mass is 32.2. The Morgan fingerprint density at radius 2 is 1.95 bits per heavy atom. The highest BCUT2D eigenvalue weighted by Crippen LogP contribution is 2.52. The largest absolute Gasteiger partial charge is 0.353 e. The van der Waals surface area contributed by atoms with Crippen LogP contribution in [0.3, 0.4) is 0 Å². The third-order valence-corrected chi connectivity index (χ3v) is 8.30. The minimum atomic E-state index is -3.70. The van der Waals surface area contributed by atoms with Gasteiger partial charge in [-0.3, -0.25) is 14.5 Å². The number of fused-ring (bicyclic) bond motifs is 1. The number of aryl methyl sites for hydroxylation is 2. The van der Waals surface area contributed by atoms with Gasteiger partial charge in [0, 0.05) is 43.8 Å². The van der Waals surface area contributed by atoms with Crippen molar-refractivity contribution in [2.45, 2.75) is 51.4 Å². The third-order valence-electron chi connectivity index (χ3n) is 7.17. The number of anilines is 2. The maximum absolute atomic E-state index is 13.5. The first-order chi connectivity index (χ1) is 17.7. The first kappa shape index (κ1) is 26.1. The van der Waals surface area contributed by atoms with E-state index in [1.165, 1.54) is 0 Å². The maximum Gasteiger partial charge on any atom is 0.277 e. The molecule has 1 aliphatic heterocycles. The molecule has 2 aliphatic rings. The van der Waals surface area contributed by atoms with Gasteiger partial charge >= 0.3 is 0 Å². The number of benzene rings is 1. The van der Waals surface area contributed by atoms with Gasteiger partial charge in [0.1, 0.15) is 11.5 Å². The van der Waals surface area contributed by atoms with Crippen LogP contribution in [0.4, 0.5) is 25.8 Å². The Labute approximate surface area is 220 Å². The predicted octanol–water partition coefficient (Wildman–Crippen LogP) is 4.99. The van der Waals surface area contributed by atoms with Gasteiger partial charge in [0.2, 0.25) is 0 Å². The zero-order valence-corrected chi connectivity index (χ0v) is 22.7. The number of halogens is 2. The number of carbonyl (C=O) groups excluding carboxylic acids is 1. The molecule has 3 aromatic rings. The summed E-state index contributed by atoms with van der Waals surface area (Å²) in [6, 6.07) is 6.52. The van der Waals surface area contributed by atoms with Crippen LogP contribution in [0.25, 0.3) is 11.3 Å². The van der Waals surface area contributed by atoms with Crippen molar-refractivity contribution in [1.82, 2.24) is 14.8 Å². The van der Waals surface area contributed by atoms with Crippen LogP contribution in [0.2, 0.25) is 0 Å². The van der Waals surface area contributed by atoms with E-state index in [0.29, 0.717) is 28.3 Å². The molecule has 2 aromatic heterocycles. The Hall–Kier alpha value is -3.47. The molecule has 1 unspecified atom stereocenters. The smallest absolute Gasteiger partial charge is 0.277 e. The minimum Gasteiger partial charge on any atom is -0.353 e. The van der Waals surface area contributed by atoms with Gasteiger partial charge in [-0.2, -0.15) is 5.10 Å². The molecule has 1 aromatic carbocycles. The van der Waals surface area contributed by atoms with E-state index in [1.54, 1.807) is 36.0 Å². The van der Waals surface area contributed by atoms with E-state index < -0.39 is 16.3 Å². The summed E-state index contributed by atoms with van der Waals surface area (Å²) in [5.74, 6) is -0.00502. The average Bonchev–Trinajstić information content (AvgIpc) is 3.12. The number of hydrogen-bond acceptors (Lipinski definition) is 7. The third kappa shape index (κ3) is 4.99. The first-order valence-corrected chi connectivity index (χ1v) is 14.1. The summed E-state index contributed by atoms with van der Waals surface area (Å²) in [5, 5.41) is 7.53. The second-order valence-electron chi connectivity index (χ2n) is 10.9. The number of ketones is 1. The van der Waals surface area contributed by atoms with Crippen LogP contribution in [0, 0.1) is 18.3 Å². The lowest BCUT2D eigenvalue weighted by Gasteiger charge is -2.15. The second kappa shape index (κ2) is 9.07. The fourth-order valence-corrected chi connectivity index (χ4v) is 5.86. The topological polar surface area (TPSA) is 106 Å². The number of rotatable bonds is 8. The van der Waals surface area contributed by atoms with Crippen LogP contribution in [-0.2, 0) is 34.5 Å². The van der Waals surface area contributed by atoms with E-state index in [9.17, 15) is 22.0 Å². The van der Waals surface area contributed by atoms with E-state index in [4.69, 9.17) is 0 Å². The minimum absolute atomic E-state index is 0.0269. The summed E-state index contributed by atoms with van der Waals surface area (Å²) in [5.41, 5.74) is 3.42. The molecule has 1 atom stereocenters. The second-order valence-corrected chi connectivity index (χ2v) is 12.9. The fraction of sp³-hybridized carbons (Fsp3) is 0.407. The molecule has 38 heavy (non-hydrogen) atoms. The summed E-state index contributed by atoms with van der Waals surface area (Å²) in [4.78, 5) is 21.4. The number of nitrogens with zero attached hydrogens (tertiary/aromatic N) is 4. The maximum atomic E-state index is 13.5. The molecule has 8 nitrogen and oxygen atoms in total. The van der Waals surface area contributed by atoms with E-state index >= 15 is 0 Å². The van der Waals surface area contributed by atoms with Crippen LogP contribution in [0.15, 0.2) is 40.4 Å². The van der Waals surface area contributed by atoms with Crippen molar-refractivity contribution in [2.75, 3.05) is 11.6 Å². The van der Waals surface area contributed by atoms with E-state index in [1.807, 2.05) is 27.0 Å². The van der Waals surface area contributed by atoms with Crippen molar-refractivity contribution >= 4 is 38.4 Å². The van der Waals surface area contributed by atoms with E-state index in [2.05, 4.69) is 20.4 Å². The highest BCUT2D eigenvalue weighted by Gasteiger charge is 2.50. The van der Waals surface area contributed by atoms with Crippen LogP contribution in [0.5, 0.6) is 0 Å². The van der Waals surface area contributed by atoms with Gasteiger partial charge in [-0.25, -0.2) is 22.2 Å². The first-order valence-electron chi connectivity index (χ1n) is 12.3. The molecule has 0 spiro atoms. The average molecular weight is 542 g/mol. The van der Waals surface area contributed by atoms with Gasteiger partial charge < -0.3 is 5.32 Å². The lowest BCUT2D eigenvalue weighted by atomic mass is 10.0. The molecule has 0 radical (unpaired) electrons. The van der Waals surface area contributed by atoms with Crippen LogP contribution < -0.4 is 5.32 Å². The van der Waals surface area contributed by atoms with Gasteiger partial charge in [-0.1, -0.05) is 19.9 Å². The van der Waals surface area contributed by atoms with E-state index in [-0.39, 0.29) is 51.9 Å². The summed E-state index contributed by atoms with van der Waals surface area (Å²) < 4.78 is 54.3. The van der Waals surface area contributed by atoms with Crippen molar-refractivity contribution in [1.29, 1.82) is 0 Å². The number of sulfone groups is 1. The fourth-order valence-electron chi connectivity index (χ4n) is 5.00. The number of alkyl halides is 2. The molecule has 200 valence electrons. The van der Waals surface area contributed by atoms with Crippen molar-refractivity contribution in [2.24, 2.45) is 23.4 Å².